The molecule has 116 valence electrons. The van der Waals surface area contributed by atoms with Crippen LogP contribution in [0.2, 0.25) is 0 Å². The molecule has 2 aliphatic carbocycles. The van der Waals surface area contributed by atoms with Gasteiger partial charge in [-0.25, -0.2) is 0 Å². The minimum atomic E-state index is -0.0676. The highest BCUT2D eigenvalue weighted by atomic mass is 16.3. The summed E-state index contributed by atoms with van der Waals surface area (Å²) in [4.78, 5) is 17.7. The van der Waals surface area contributed by atoms with Gasteiger partial charge in [0.1, 0.15) is 0 Å². The van der Waals surface area contributed by atoms with Crippen LogP contribution < -0.4 is 5.43 Å². The van der Waals surface area contributed by atoms with Crippen LogP contribution in [0.3, 0.4) is 0 Å². The van der Waals surface area contributed by atoms with Gasteiger partial charge in [-0.15, -0.1) is 0 Å². The summed E-state index contributed by atoms with van der Waals surface area (Å²) in [6, 6.07) is 0.580. The molecule has 2 N–H and O–H groups in total. The Bertz CT molecular complexity index is 567. The summed E-state index contributed by atoms with van der Waals surface area (Å²) in [5, 5.41) is 9.73. The van der Waals surface area contributed by atoms with Crippen molar-refractivity contribution in [3.05, 3.63) is 33.2 Å². The van der Waals surface area contributed by atoms with Crippen molar-refractivity contribution < 1.29 is 5.11 Å². The van der Waals surface area contributed by atoms with E-state index in [9.17, 15) is 9.90 Å². The van der Waals surface area contributed by atoms with Gasteiger partial charge in [0.05, 0.1) is 6.10 Å². The van der Waals surface area contributed by atoms with Crippen LogP contribution in [-0.4, -0.2) is 34.2 Å². The van der Waals surface area contributed by atoms with E-state index in [1.165, 1.54) is 12.8 Å². The van der Waals surface area contributed by atoms with E-state index in [2.05, 4.69) is 16.9 Å². The molecule has 1 heterocycles. The molecule has 0 aliphatic heterocycles. The van der Waals surface area contributed by atoms with Gasteiger partial charge in [-0.3, -0.25) is 9.69 Å². The average Bonchev–Trinajstić information content (AvgIpc) is 2.96. The minimum absolute atomic E-state index is 0.0676. The Morgan fingerprint density at radius 3 is 2.48 bits per heavy atom. The Kier molecular flexibility index (Phi) is 3.93. The van der Waals surface area contributed by atoms with Gasteiger partial charge in [-0.2, -0.15) is 0 Å². The Morgan fingerprint density at radius 1 is 1.24 bits per heavy atom. The van der Waals surface area contributed by atoms with E-state index in [-0.39, 0.29) is 11.5 Å². The maximum absolute atomic E-state index is 12.0. The maximum atomic E-state index is 12.0. The number of nitrogens with one attached hydrogen (secondary N) is 1. The first-order chi connectivity index (χ1) is 9.95. The third kappa shape index (κ3) is 2.79. The molecule has 4 atom stereocenters. The zero-order chi connectivity index (χ0) is 15.1. The zero-order valence-corrected chi connectivity index (χ0v) is 13.2. The second-order valence-electron chi connectivity index (χ2n) is 7.09. The molecule has 4 nitrogen and oxygen atoms in total. The molecule has 2 unspecified atom stereocenters. The van der Waals surface area contributed by atoms with E-state index in [1.54, 1.807) is 0 Å². The quantitative estimate of drug-likeness (QED) is 0.895. The number of fused-ring (bicyclic) bond motifs is 1. The van der Waals surface area contributed by atoms with Crippen LogP contribution >= 0.6 is 0 Å². The normalized spacial score (nSPS) is 31.9. The van der Waals surface area contributed by atoms with Crippen molar-refractivity contribution in [1.29, 1.82) is 0 Å². The van der Waals surface area contributed by atoms with Crippen LogP contribution in [0.5, 0.6) is 0 Å². The van der Waals surface area contributed by atoms with E-state index >= 15 is 0 Å². The predicted molar refractivity (Wildman–Crippen MR) is 83.2 cm³/mol. The highest BCUT2D eigenvalue weighted by Crippen LogP contribution is 2.45. The number of aryl methyl sites for hydroxylation is 1. The first-order valence-corrected chi connectivity index (χ1v) is 8.01. The van der Waals surface area contributed by atoms with Gasteiger partial charge >= 0.3 is 0 Å². The van der Waals surface area contributed by atoms with Crippen molar-refractivity contribution in [3.63, 3.8) is 0 Å². The first-order valence-electron chi connectivity index (χ1n) is 8.01. The molecule has 21 heavy (non-hydrogen) atoms. The fourth-order valence-electron chi connectivity index (χ4n) is 4.26. The third-order valence-electron chi connectivity index (χ3n) is 5.61. The van der Waals surface area contributed by atoms with Crippen LogP contribution in [0, 0.1) is 25.7 Å². The number of nitrogens with zero attached hydrogens (tertiary/aromatic N) is 1. The van der Waals surface area contributed by atoms with Crippen molar-refractivity contribution >= 4 is 0 Å². The monoisotopic (exact) mass is 290 g/mol. The van der Waals surface area contributed by atoms with Crippen LogP contribution in [0.4, 0.5) is 0 Å². The van der Waals surface area contributed by atoms with E-state index in [0.29, 0.717) is 17.9 Å². The standard InChI is InChI=1S/C17H26N2O2/c1-10-8-18-16(11(2)17(10)21)9-19(3)14-4-12-6-15(20)7-13(12)5-14/h8,12-15,20H,4-7,9H2,1-3H3,(H,18,21)/t12-,13+,14?,15?. The van der Waals surface area contributed by atoms with E-state index in [4.69, 9.17) is 0 Å². The number of pyridine rings is 1. The second kappa shape index (κ2) is 5.58. The number of aliphatic hydroxyl groups is 1. The Labute approximate surface area is 126 Å². The Morgan fingerprint density at radius 2 is 1.86 bits per heavy atom. The summed E-state index contributed by atoms with van der Waals surface area (Å²) >= 11 is 0. The van der Waals surface area contributed by atoms with Crippen LogP contribution in [0.15, 0.2) is 11.0 Å². The molecule has 0 saturated heterocycles. The van der Waals surface area contributed by atoms with Gasteiger partial charge in [-0.05, 0) is 58.4 Å². The van der Waals surface area contributed by atoms with Crippen LogP contribution in [0.25, 0.3) is 0 Å². The fraction of sp³-hybridized carbons (Fsp3) is 0.706. The summed E-state index contributed by atoms with van der Waals surface area (Å²) in [6.07, 6.45) is 6.09. The molecule has 0 spiro atoms. The molecular weight excluding hydrogens is 264 g/mol. The van der Waals surface area contributed by atoms with Crippen molar-refractivity contribution in [2.75, 3.05) is 7.05 Å². The molecule has 3 rings (SSSR count). The van der Waals surface area contributed by atoms with Gasteiger partial charge < -0.3 is 10.1 Å². The summed E-state index contributed by atoms with van der Waals surface area (Å²) < 4.78 is 0. The summed E-state index contributed by atoms with van der Waals surface area (Å²) in [5.74, 6) is 1.40. The number of hydrogen-bond acceptors (Lipinski definition) is 3. The molecule has 0 radical (unpaired) electrons. The van der Waals surface area contributed by atoms with E-state index in [0.717, 1.165) is 36.2 Å². The average molecular weight is 290 g/mol. The summed E-state index contributed by atoms with van der Waals surface area (Å²) in [5.41, 5.74) is 2.81. The molecule has 1 aromatic heterocycles. The van der Waals surface area contributed by atoms with Crippen LogP contribution in [0.1, 0.15) is 42.5 Å². The molecule has 0 aromatic carbocycles. The smallest absolute Gasteiger partial charge is 0.187 e. The molecule has 2 aliphatic rings. The number of aliphatic hydroxyl groups excluding tert-OH is 1. The zero-order valence-electron chi connectivity index (χ0n) is 13.2. The largest absolute Gasteiger partial charge is 0.393 e. The molecule has 2 fully saturated rings. The number of hydrogen-bond donors (Lipinski definition) is 2. The lowest BCUT2D eigenvalue weighted by Gasteiger charge is -2.26. The molecule has 2 saturated carbocycles. The SMILES string of the molecule is Cc1c[nH]c(CN(C)C2C[C@H]3CC(O)C[C@H]3C2)c(C)c1=O. The Balaban J connectivity index is 1.67. The van der Waals surface area contributed by atoms with E-state index in [1.807, 2.05) is 20.0 Å². The summed E-state index contributed by atoms with van der Waals surface area (Å²) in [7, 11) is 2.15. The third-order valence-corrected chi connectivity index (χ3v) is 5.61. The molecule has 0 bridgehead atoms. The highest BCUT2D eigenvalue weighted by molar-refractivity contribution is 5.23. The van der Waals surface area contributed by atoms with E-state index < -0.39 is 0 Å². The highest BCUT2D eigenvalue weighted by Gasteiger charge is 2.42. The lowest BCUT2D eigenvalue weighted by atomic mass is 10.0. The van der Waals surface area contributed by atoms with Gasteiger partial charge in [0.15, 0.2) is 5.43 Å². The van der Waals surface area contributed by atoms with Crippen LogP contribution in [-0.2, 0) is 6.54 Å². The van der Waals surface area contributed by atoms with Crippen molar-refractivity contribution in [3.8, 4) is 0 Å². The molecule has 4 heteroatoms. The number of H-pyrrole nitrogens is 1. The molecule has 0 amide bonds. The predicted octanol–water partition coefficient (Wildman–Crippen LogP) is 1.97. The fourth-order valence-corrected chi connectivity index (χ4v) is 4.26. The number of rotatable bonds is 3. The maximum Gasteiger partial charge on any atom is 0.187 e. The topological polar surface area (TPSA) is 56.3 Å². The first kappa shape index (κ1) is 14.8. The summed E-state index contributed by atoms with van der Waals surface area (Å²) in [6.45, 7) is 4.56. The Hall–Kier alpha value is -1.13. The van der Waals surface area contributed by atoms with Crippen molar-refractivity contribution in [2.45, 2.75) is 58.2 Å². The van der Waals surface area contributed by atoms with Crippen molar-refractivity contribution in [2.24, 2.45) is 11.8 Å². The van der Waals surface area contributed by atoms with Gasteiger partial charge in [0, 0.05) is 35.6 Å². The lowest BCUT2D eigenvalue weighted by Crippen LogP contribution is -2.31. The number of aromatic amines is 1. The van der Waals surface area contributed by atoms with Gasteiger partial charge in [0.2, 0.25) is 0 Å². The minimum Gasteiger partial charge on any atom is -0.393 e. The van der Waals surface area contributed by atoms with Crippen molar-refractivity contribution in [1.82, 2.24) is 9.88 Å². The molecule has 1 aromatic rings. The number of aromatic nitrogens is 1. The lowest BCUT2D eigenvalue weighted by molar-refractivity contribution is 0.157. The molecular formula is C17H26N2O2. The second-order valence-corrected chi connectivity index (χ2v) is 7.09. The van der Waals surface area contributed by atoms with Gasteiger partial charge in [0.25, 0.3) is 0 Å². The van der Waals surface area contributed by atoms with Gasteiger partial charge in [-0.1, -0.05) is 0 Å².